The second-order valence-electron chi connectivity index (χ2n) is 5.33. The highest BCUT2D eigenvalue weighted by atomic mass is 32.1. The van der Waals surface area contributed by atoms with Gasteiger partial charge in [-0.15, -0.1) is 0 Å². The number of rotatable bonds is 6. The molecule has 1 saturated heterocycles. The third-order valence-electron chi connectivity index (χ3n) is 3.66. The van der Waals surface area contributed by atoms with E-state index in [9.17, 15) is 9.59 Å². The maximum atomic E-state index is 12.2. The zero-order valence-corrected chi connectivity index (χ0v) is 15.1. The second-order valence-corrected chi connectivity index (χ2v) is 6.31. The summed E-state index contributed by atoms with van der Waals surface area (Å²) in [7, 11) is 1.60. The zero-order valence-electron chi connectivity index (χ0n) is 14.3. The SMILES string of the molecule is CCOC(=O)N1CCN(c2nc(C)c(C(=O)NCCOC)s2)CC1. The fourth-order valence-corrected chi connectivity index (χ4v) is 3.41. The fraction of sp³-hybridized carbons (Fsp3) is 0.667. The molecule has 0 radical (unpaired) electrons. The molecule has 1 aromatic rings. The first-order valence-corrected chi connectivity index (χ1v) is 8.79. The average molecular weight is 356 g/mol. The summed E-state index contributed by atoms with van der Waals surface area (Å²) in [5, 5.41) is 3.62. The van der Waals surface area contributed by atoms with E-state index in [-0.39, 0.29) is 12.0 Å². The van der Waals surface area contributed by atoms with Crippen molar-refractivity contribution >= 4 is 28.5 Å². The van der Waals surface area contributed by atoms with Gasteiger partial charge in [-0.2, -0.15) is 0 Å². The van der Waals surface area contributed by atoms with Crippen molar-refractivity contribution in [2.75, 3.05) is 57.9 Å². The maximum Gasteiger partial charge on any atom is 0.409 e. The van der Waals surface area contributed by atoms with Crippen LogP contribution in [0, 0.1) is 6.92 Å². The Labute approximate surface area is 145 Å². The second kappa shape index (κ2) is 8.84. The summed E-state index contributed by atoms with van der Waals surface area (Å²) >= 11 is 1.38. The van der Waals surface area contributed by atoms with Crippen LogP contribution in [0.25, 0.3) is 0 Å². The molecule has 0 saturated carbocycles. The molecule has 0 atom stereocenters. The van der Waals surface area contributed by atoms with Crippen molar-refractivity contribution in [1.82, 2.24) is 15.2 Å². The molecule has 0 spiro atoms. The number of thiazole rings is 1. The Bertz CT molecular complexity index is 570. The topological polar surface area (TPSA) is 84.0 Å². The standard InChI is InChI=1S/C15H24N4O4S/c1-4-23-15(21)19-8-6-18(7-9-19)14-17-11(2)12(24-14)13(20)16-5-10-22-3/h4-10H2,1-3H3,(H,16,20). The van der Waals surface area contributed by atoms with E-state index in [2.05, 4.69) is 15.2 Å². The predicted molar refractivity (Wildman–Crippen MR) is 91.9 cm³/mol. The number of aryl methyl sites for hydroxylation is 1. The van der Waals surface area contributed by atoms with Gasteiger partial charge in [0.15, 0.2) is 5.13 Å². The summed E-state index contributed by atoms with van der Waals surface area (Å²) in [5.74, 6) is -0.126. The molecule has 2 heterocycles. The smallest absolute Gasteiger partial charge is 0.409 e. The molecule has 2 rings (SSSR count). The van der Waals surface area contributed by atoms with E-state index in [1.165, 1.54) is 11.3 Å². The van der Waals surface area contributed by atoms with E-state index >= 15 is 0 Å². The normalized spacial score (nSPS) is 14.6. The zero-order chi connectivity index (χ0) is 17.5. The van der Waals surface area contributed by atoms with Crippen LogP contribution in [-0.2, 0) is 9.47 Å². The number of ether oxygens (including phenoxy) is 2. The number of methoxy groups -OCH3 is 1. The van der Waals surface area contributed by atoms with Crippen LogP contribution >= 0.6 is 11.3 Å². The predicted octanol–water partition coefficient (Wildman–Crippen LogP) is 1.11. The molecule has 24 heavy (non-hydrogen) atoms. The van der Waals surface area contributed by atoms with Crippen LogP contribution in [0.15, 0.2) is 0 Å². The van der Waals surface area contributed by atoms with Crippen molar-refractivity contribution in [2.45, 2.75) is 13.8 Å². The Morgan fingerprint density at radius 2 is 2.00 bits per heavy atom. The number of aromatic nitrogens is 1. The highest BCUT2D eigenvalue weighted by molar-refractivity contribution is 7.17. The Morgan fingerprint density at radius 3 is 2.62 bits per heavy atom. The highest BCUT2D eigenvalue weighted by Gasteiger charge is 2.25. The number of piperazine rings is 1. The van der Waals surface area contributed by atoms with Crippen LogP contribution in [0.4, 0.5) is 9.93 Å². The Kier molecular flexibility index (Phi) is 6.80. The minimum Gasteiger partial charge on any atom is -0.450 e. The molecule has 134 valence electrons. The first-order chi connectivity index (χ1) is 11.6. The number of nitrogens with one attached hydrogen (secondary N) is 1. The van der Waals surface area contributed by atoms with Gasteiger partial charge >= 0.3 is 6.09 Å². The maximum absolute atomic E-state index is 12.2. The molecular weight excluding hydrogens is 332 g/mol. The number of hydrogen-bond donors (Lipinski definition) is 1. The number of amides is 2. The summed E-state index contributed by atoms with van der Waals surface area (Å²) < 4.78 is 9.94. The van der Waals surface area contributed by atoms with Crippen LogP contribution in [0.3, 0.4) is 0 Å². The van der Waals surface area contributed by atoms with Gasteiger partial charge in [-0.3, -0.25) is 4.79 Å². The Morgan fingerprint density at radius 1 is 1.29 bits per heavy atom. The van der Waals surface area contributed by atoms with Crippen LogP contribution in [-0.4, -0.2) is 74.9 Å². The lowest BCUT2D eigenvalue weighted by atomic mass is 10.3. The van der Waals surface area contributed by atoms with E-state index in [0.717, 1.165) is 10.8 Å². The summed E-state index contributed by atoms with van der Waals surface area (Å²) in [6, 6.07) is 0. The lowest BCUT2D eigenvalue weighted by Crippen LogP contribution is -2.49. The van der Waals surface area contributed by atoms with Crippen molar-refractivity contribution in [3.63, 3.8) is 0 Å². The molecule has 0 unspecified atom stereocenters. The molecule has 1 N–H and O–H groups in total. The molecule has 1 aliphatic heterocycles. The van der Waals surface area contributed by atoms with Gasteiger partial charge in [0.1, 0.15) is 4.88 Å². The molecule has 9 heteroatoms. The van der Waals surface area contributed by atoms with Gasteiger partial charge in [0.2, 0.25) is 0 Å². The molecule has 1 fully saturated rings. The fourth-order valence-electron chi connectivity index (χ4n) is 2.37. The molecule has 0 bridgehead atoms. The van der Waals surface area contributed by atoms with Crippen molar-refractivity contribution < 1.29 is 19.1 Å². The highest BCUT2D eigenvalue weighted by Crippen LogP contribution is 2.27. The van der Waals surface area contributed by atoms with Crippen LogP contribution in [0.2, 0.25) is 0 Å². The third-order valence-corrected chi connectivity index (χ3v) is 4.88. The number of carbonyl (C=O) groups excluding carboxylic acids is 2. The summed E-state index contributed by atoms with van der Waals surface area (Å²) in [4.78, 5) is 32.8. The van der Waals surface area contributed by atoms with Gasteiger partial charge in [0.05, 0.1) is 18.9 Å². The summed E-state index contributed by atoms with van der Waals surface area (Å²) in [6.45, 7) is 7.50. The number of nitrogens with zero attached hydrogens (tertiary/aromatic N) is 3. The Balaban J connectivity index is 1.93. The van der Waals surface area contributed by atoms with Gasteiger partial charge in [0.25, 0.3) is 5.91 Å². The van der Waals surface area contributed by atoms with Gasteiger partial charge in [-0.25, -0.2) is 9.78 Å². The van der Waals surface area contributed by atoms with Gasteiger partial charge in [-0.1, -0.05) is 11.3 Å². The van der Waals surface area contributed by atoms with Crippen molar-refractivity contribution in [3.05, 3.63) is 10.6 Å². The number of hydrogen-bond acceptors (Lipinski definition) is 7. The Hall–Kier alpha value is -1.87. The van der Waals surface area contributed by atoms with Gasteiger partial charge < -0.3 is 24.6 Å². The average Bonchev–Trinajstić information content (AvgIpc) is 2.97. The number of carbonyl (C=O) groups is 2. The van der Waals surface area contributed by atoms with Crippen molar-refractivity contribution in [1.29, 1.82) is 0 Å². The van der Waals surface area contributed by atoms with E-state index in [0.29, 0.717) is 50.8 Å². The van der Waals surface area contributed by atoms with E-state index in [4.69, 9.17) is 9.47 Å². The molecule has 0 aliphatic carbocycles. The minimum atomic E-state index is -0.273. The molecular formula is C15H24N4O4S. The van der Waals surface area contributed by atoms with Crippen molar-refractivity contribution in [3.8, 4) is 0 Å². The largest absolute Gasteiger partial charge is 0.450 e. The van der Waals surface area contributed by atoms with Gasteiger partial charge in [-0.05, 0) is 13.8 Å². The van der Waals surface area contributed by atoms with Gasteiger partial charge in [0, 0.05) is 39.8 Å². The lowest BCUT2D eigenvalue weighted by molar-refractivity contribution is 0.0940. The molecule has 8 nitrogen and oxygen atoms in total. The quantitative estimate of drug-likeness (QED) is 0.769. The molecule has 1 aliphatic rings. The molecule has 0 aromatic carbocycles. The molecule has 1 aromatic heterocycles. The van der Waals surface area contributed by atoms with Crippen LogP contribution < -0.4 is 10.2 Å². The van der Waals surface area contributed by atoms with E-state index in [1.54, 1.807) is 18.9 Å². The monoisotopic (exact) mass is 356 g/mol. The van der Waals surface area contributed by atoms with Crippen LogP contribution in [0.1, 0.15) is 22.3 Å². The minimum absolute atomic E-state index is 0.126. The first-order valence-electron chi connectivity index (χ1n) is 7.98. The van der Waals surface area contributed by atoms with Crippen LogP contribution in [0.5, 0.6) is 0 Å². The lowest BCUT2D eigenvalue weighted by Gasteiger charge is -2.33. The summed E-state index contributed by atoms with van der Waals surface area (Å²) in [5.41, 5.74) is 0.720. The third kappa shape index (κ3) is 4.57. The van der Waals surface area contributed by atoms with Crippen molar-refractivity contribution in [2.24, 2.45) is 0 Å². The number of anilines is 1. The van der Waals surface area contributed by atoms with E-state index < -0.39 is 0 Å². The molecule has 2 amide bonds. The summed E-state index contributed by atoms with van der Waals surface area (Å²) in [6.07, 6.45) is -0.273. The van der Waals surface area contributed by atoms with E-state index in [1.807, 2.05) is 6.92 Å². The first kappa shape index (κ1) is 18.5.